The molecular formula is C14H13N3O5. The molecular weight excluding hydrogens is 290 g/mol. The molecule has 1 aromatic rings. The van der Waals surface area contributed by atoms with Crippen LogP contribution >= 0.6 is 0 Å². The Morgan fingerprint density at radius 1 is 1.14 bits per heavy atom. The lowest BCUT2D eigenvalue weighted by molar-refractivity contribution is -0.170. The van der Waals surface area contributed by atoms with E-state index in [1.54, 1.807) is 17.0 Å². The van der Waals surface area contributed by atoms with Crippen molar-refractivity contribution in [1.82, 2.24) is 15.3 Å². The number of fused-ring (bicyclic) bond motifs is 1. The number of nitrogens with zero attached hydrogens (tertiary/aromatic N) is 2. The number of imide groups is 1. The van der Waals surface area contributed by atoms with E-state index in [-0.39, 0.29) is 30.1 Å². The summed E-state index contributed by atoms with van der Waals surface area (Å²) < 4.78 is 0. The molecule has 114 valence electrons. The Balaban J connectivity index is 1.64. The van der Waals surface area contributed by atoms with E-state index in [4.69, 9.17) is 4.84 Å². The predicted molar refractivity (Wildman–Crippen MR) is 72.5 cm³/mol. The summed E-state index contributed by atoms with van der Waals surface area (Å²) in [5, 5.41) is 3.10. The zero-order chi connectivity index (χ0) is 15.7. The van der Waals surface area contributed by atoms with Crippen molar-refractivity contribution in [2.75, 3.05) is 26.2 Å². The van der Waals surface area contributed by atoms with Crippen molar-refractivity contribution in [2.45, 2.75) is 0 Å². The van der Waals surface area contributed by atoms with Gasteiger partial charge < -0.3 is 10.2 Å². The summed E-state index contributed by atoms with van der Waals surface area (Å²) >= 11 is 0. The molecule has 2 heterocycles. The highest BCUT2D eigenvalue weighted by molar-refractivity contribution is 6.20. The maximum absolute atomic E-state index is 12.0. The maximum Gasteiger partial charge on any atom is 0.347 e. The monoisotopic (exact) mass is 303 g/mol. The molecule has 1 fully saturated rings. The van der Waals surface area contributed by atoms with Crippen LogP contribution in [0, 0.1) is 0 Å². The first kappa shape index (κ1) is 14.2. The summed E-state index contributed by atoms with van der Waals surface area (Å²) in [4.78, 5) is 53.6. The molecule has 2 aliphatic heterocycles. The van der Waals surface area contributed by atoms with E-state index in [2.05, 4.69) is 5.32 Å². The van der Waals surface area contributed by atoms with E-state index >= 15 is 0 Å². The fraction of sp³-hybridized carbons (Fsp3) is 0.286. The molecule has 0 aliphatic carbocycles. The number of benzene rings is 1. The SMILES string of the molecule is O=C1CN(CC(=O)ON2C(=O)c3ccccc3C2=O)CCN1. The lowest BCUT2D eigenvalue weighted by Gasteiger charge is -2.25. The van der Waals surface area contributed by atoms with Gasteiger partial charge in [0.25, 0.3) is 11.8 Å². The van der Waals surface area contributed by atoms with Gasteiger partial charge in [-0.15, -0.1) is 0 Å². The molecule has 0 radical (unpaired) electrons. The number of hydrogen-bond donors (Lipinski definition) is 1. The van der Waals surface area contributed by atoms with Gasteiger partial charge in [0.2, 0.25) is 5.91 Å². The van der Waals surface area contributed by atoms with Gasteiger partial charge in [0.05, 0.1) is 24.2 Å². The molecule has 1 aromatic carbocycles. The molecule has 8 nitrogen and oxygen atoms in total. The van der Waals surface area contributed by atoms with Crippen molar-refractivity contribution in [3.63, 3.8) is 0 Å². The second kappa shape index (κ2) is 5.57. The predicted octanol–water partition coefficient (Wildman–Crippen LogP) is -0.827. The van der Waals surface area contributed by atoms with Gasteiger partial charge in [-0.1, -0.05) is 17.2 Å². The van der Waals surface area contributed by atoms with Gasteiger partial charge in [0.15, 0.2) is 0 Å². The second-order valence-electron chi connectivity index (χ2n) is 4.97. The lowest BCUT2D eigenvalue weighted by Crippen LogP contribution is -2.50. The van der Waals surface area contributed by atoms with E-state index in [9.17, 15) is 19.2 Å². The molecule has 0 saturated carbocycles. The minimum absolute atomic E-state index is 0.0806. The summed E-state index contributed by atoms with van der Waals surface area (Å²) in [5.41, 5.74) is 0.412. The Hall–Kier alpha value is -2.74. The number of carbonyl (C=O) groups excluding carboxylic acids is 4. The third kappa shape index (κ3) is 2.56. The van der Waals surface area contributed by atoms with Crippen molar-refractivity contribution in [1.29, 1.82) is 0 Å². The average molecular weight is 303 g/mol. The first-order valence-electron chi connectivity index (χ1n) is 6.74. The number of amides is 3. The van der Waals surface area contributed by atoms with Crippen molar-refractivity contribution in [3.8, 4) is 0 Å². The number of rotatable bonds is 3. The van der Waals surface area contributed by atoms with Crippen molar-refractivity contribution < 1.29 is 24.0 Å². The first-order chi connectivity index (χ1) is 10.6. The van der Waals surface area contributed by atoms with Crippen molar-refractivity contribution in [3.05, 3.63) is 35.4 Å². The molecule has 1 saturated heterocycles. The number of hydroxylamine groups is 2. The van der Waals surface area contributed by atoms with Crippen molar-refractivity contribution in [2.24, 2.45) is 0 Å². The highest BCUT2D eigenvalue weighted by Gasteiger charge is 2.38. The normalized spacial score (nSPS) is 18.2. The Bertz CT molecular complexity index is 637. The van der Waals surface area contributed by atoms with Crippen LogP contribution < -0.4 is 5.32 Å². The van der Waals surface area contributed by atoms with Crippen LogP contribution in [0.5, 0.6) is 0 Å². The maximum atomic E-state index is 12.0. The number of nitrogens with one attached hydrogen (secondary N) is 1. The number of carbonyl (C=O) groups is 4. The van der Waals surface area contributed by atoms with Crippen LogP contribution in [0.3, 0.4) is 0 Å². The smallest absolute Gasteiger partial charge is 0.347 e. The topological polar surface area (TPSA) is 96.0 Å². The average Bonchev–Trinajstić information content (AvgIpc) is 2.73. The Labute approximate surface area is 125 Å². The summed E-state index contributed by atoms with van der Waals surface area (Å²) in [6.45, 7) is 0.861. The van der Waals surface area contributed by atoms with Gasteiger partial charge in [-0.05, 0) is 12.1 Å². The molecule has 1 N–H and O–H groups in total. The Morgan fingerprint density at radius 3 is 2.36 bits per heavy atom. The van der Waals surface area contributed by atoms with Gasteiger partial charge in [-0.2, -0.15) is 0 Å². The quantitative estimate of drug-likeness (QED) is 0.732. The molecule has 3 amide bonds. The van der Waals surface area contributed by atoms with Crippen LogP contribution in [0.4, 0.5) is 0 Å². The van der Waals surface area contributed by atoms with Crippen LogP contribution in [0.25, 0.3) is 0 Å². The van der Waals surface area contributed by atoms with Gasteiger partial charge >= 0.3 is 5.97 Å². The number of piperazine rings is 1. The molecule has 2 aliphatic rings. The van der Waals surface area contributed by atoms with Gasteiger partial charge in [0, 0.05) is 13.1 Å². The van der Waals surface area contributed by atoms with Crippen LogP contribution in [-0.2, 0) is 14.4 Å². The Morgan fingerprint density at radius 2 is 1.77 bits per heavy atom. The molecule has 0 spiro atoms. The van der Waals surface area contributed by atoms with Gasteiger partial charge in [0.1, 0.15) is 0 Å². The minimum atomic E-state index is -0.760. The van der Waals surface area contributed by atoms with E-state index in [0.29, 0.717) is 18.2 Å². The van der Waals surface area contributed by atoms with Crippen LogP contribution in [0.1, 0.15) is 20.7 Å². The zero-order valence-corrected chi connectivity index (χ0v) is 11.6. The summed E-state index contributed by atoms with van der Waals surface area (Å²) in [5.74, 6) is -2.26. The van der Waals surface area contributed by atoms with E-state index in [1.807, 2.05) is 0 Å². The van der Waals surface area contributed by atoms with E-state index < -0.39 is 17.8 Å². The molecule has 0 aromatic heterocycles. The lowest BCUT2D eigenvalue weighted by atomic mass is 10.1. The highest BCUT2D eigenvalue weighted by Crippen LogP contribution is 2.22. The second-order valence-corrected chi connectivity index (χ2v) is 4.97. The molecule has 0 atom stereocenters. The molecule has 8 heteroatoms. The minimum Gasteiger partial charge on any atom is -0.354 e. The van der Waals surface area contributed by atoms with E-state index in [1.165, 1.54) is 12.1 Å². The molecule has 3 rings (SSSR count). The van der Waals surface area contributed by atoms with Gasteiger partial charge in [-0.25, -0.2) is 4.79 Å². The van der Waals surface area contributed by atoms with Crippen molar-refractivity contribution >= 4 is 23.7 Å². The van der Waals surface area contributed by atoms with Crippen LogP contribution in [-0.4, -0.2) is 59.8 Å². The Kier molecular flexibility index (Phi) is 3.60. The molecule has 0 bridgehead atoms. The van der Waals surface area contributed by atoms with Crippen LogP contribution in [0.15, 0.2) is 24.3 Å². The first-order valence-corrected chi connectivity index (χ1v) is 6.74. The fourth-order valence-electron chi connectivity index (χ4n) is 2.39. The zero-order valence-electron chi connectivity index (χ0n) is 11.6. The summed E-state index contributed by atoms with van der Waals surface area (Å²) in [6, 6.07) is 6.25. The third-order valence-corrected chi connectivity index (χ3v) is 3.42. The highest BCUT2D eigenvalue weighted by atomic mass is 16.7. The van der Waals surface area contributed by atoms with Crippen LogP contribution in [0.2, 0.25) is 0 Å². The number of hydrogen-bond acceptors (Lipinski definition) is 6. The van der Waals surface area contributed by atoms with E-state index in [0.717, 1.165) is 0 Å². The fourth-order valence-corrected chi connectivity index (χ4v) is 2.39. The summed E-state index contributed by atoms with van der Waals surface area (Å²) in [7, 11) is 0. The summed E-state index contributed by atoms with van der Waals surface area (Å²) in [6.07, 6.45) is 0. The van der Waals surface area contributed by atoms with Gasteiger partial charge in [-0.3, -0.25) is 19.3 Å². The molecule has 22 heavy (non-hydrogen) atoms. The largest absolute Gasteiger partial charge is 0.354 e. The third-order valence-electron chi connectivity index (χ3n) is 3.42. The molecule has 0 unspecified atom stereocenters. The standard InChI is InChI=1S/C14H13N3O5/c18-11-7-16(6-5-15-11)8-12(19)22-17-13(20)9-3-1-2-4-10(9)14(17)21/h1-4H,5-8H2,(H,15,18).